The predicted octanol–water partition coefficient (Wildman–Crippen LogP) is 2.33. The lowest BCUT2D eigenvalue weighted by atomic mass is 9.93. The van der Waals surface area contributed by atoms with E-state index in [-0.39, 0.29) is 11.6 Å². The van der Waals surface area contributed by atoms with Gasteiger partial charge in [-0.15, -0.1) is 0 Å². The van der Waals surface area contributed by atoms with Gasteiger partial charge in [-0.2, -0.15) is 0 Å². The molecule has 0 spiro atoms. The van der Waals surface area contributed by atoms with Crippen LogP contribution in [-0.2, 0) is 4.74 Å². The molecule has 1 aromatic carbocycles. The highest BCUT2D eigenvalue weighted by Crippen LogP contribution is 2.33. The lowest BCUT2D eigenvalue weighted by Crippen LogP contribution is -2.34. The van der Waals surface area contributed by atoms with Crippen molar-refractivity contribution in [2.75, 3.05) is 5.32 Å². The van der Waals surface area contributed by atoms with Crippen molar-refractivity contribution < 1.29 is 23.7 Å². The van der Waals surface area contributed by atoms with Gasteiger partial charge < -0.3 is 20.3 Å². The number of aromatic nitrogens is 4. The van der Waals surface area contributed by atoms with Crippen LogP contribution in [0.4, 0.5) is 14.6 Å². The van der Waals surface area contributed by atoms with Crippen molar-refractivity contribution >= 4 is 17.0 Å². The molecular formula is C23H23F2N5O3. The van der Waals surface area contributed by atoms with Gasteiger partial charge in [0.2, 0.25) is 0 Å². The van der Waals surface area contributed by atoms with Gasteiger partial charge in [0, 0.05) is 0 Å². The van der Waals surface area contributed by atoms with Crippen molar-refractivity contribution in [3.8, 4) is 11.8 Å². The first-order valence-electron chi connectivity index (χ1n) is 10.9. The quantitative estimate of drug-likeness (QED) is 0.521. The average Bonchev–Trinajstić information content (AvgIpc) is 3.37. The van der Waals surface area contributed by atoms with Crippen LogP contribution in [0.15, 0.2) is 36.9 Å². The molecular weight excluding hydrogens is 432 g/mol. The van der Waals surface area contributed by atoms with Gasteiger partial charge in [-0.3, -0.25) is 4.57 Å². The number of hydrogen-bond donors (Lipinski definition) is 3. The summed E-state index contributed by atoms with van der Waals surface area (Å²) in [5, 5.41) is 24.2. The van der Waals surface area contributed by atoms with Gasteiger partial charge >= 0.3 is 0 Å². The fourth-order valence-corrected chi connectivity index (χ4v) is 4.29. The molecule has 1 aliphatic carbocycles. The zero-order valence-electron chi connectivity index (χ0n) is 17.6. The fourth-order valence-electron chi connectivity index (χ4n) is 4.29. The summed E-state index contributed by atoms with van der Waals surface area (Å²) < 4.78 is 35.4. The maximum Gasteiger partial charge on any atom is 0.167 e. The Balaban J connectivity index is 1.40. The van der Waals surface area contributed by atoms with Crippen molar-refractivity contribution in [1.29, 1.82) is 0 Å². The first-order chi connectivity index (χ1) is 16.0. The second-order valence-electron chi connectivity index (χ2n) is 8.28. The first kappa shape index (κ1) is 21.7. The van der Waals surface area contributed by atoms with E-state index in [2.05, 4.69) is 32.1 Å². The van der Waals surface area contributed by atoms with Crippen LogP contribution < -0.4 is 5.32 Å². The molecule has 5 rings (SSSR count). The van der Waals surface area contributed by atoms with E-state index in [9.17, 15) is 19.0 Å². The van der Waals surface area contributed by atoms with Crippen LogP contribution in [0.25, 0.3) is 11.2 Å². The number of alkyl halides is 1. The molecule has 33 heavy (non-hydrogen) atoms. The zero-order chi connectivity index (χ0) is 22.9. The third kappa shape index (κ3) is 4.15. The molecule has 3 N–H and O–H groups in total. The third-order valence-electron chi connectivity index (χ3n) is 6.10. The van der Waals surface area contributed by atoms with Crippen LogP contribution in [0.3, 0.4) is 0 Å². The minimum Gasteiger partial charge on any atom is -0.386 e. The molecule has 0 radical (unpaired) electrons. The summed E-state index contributed by atoms with van der Waals surface area (Å²) in [5.41, 5.74) is 0.927. The highest BCUT2D eigenvalue weighted by atomic mass is 19.1. The highest BCUT2D eigenvalue weighted by Gasteiger charge is 2.44. The molecule has 172 valence electrons. The van der Waals surface area contributed by atoms with E-state index in [0.29, 0.717) is 29.8 Å². The Morgan fingerprint density at radius 3 is 2.73 bits per heavy atom. The number of imidazole rings is 1. The summed E-state index contributed by atoms with van der Waals surface area (Å²) in [6.07, 6.45) is 0.105. The Kier molecular flexibility index (Phi) is 5.93. The smallest absolute Gasteiger partial charge is 0.167 e. The van der Waals surface area contributed by atoms with Crippen LogP contribution in [0, 0.1) is 17.7 Å². The molecule has 2 unspecified atom stereocenters. The first-order valence-corrected chi connectivity index (χ1v) is 10.9. The second-order valence-corrected chi connectivity index (χ2v) is 8.28. The lowest BCUT2D eigenvalue weighted by Gasteiger charge is -2.27. The molecule has 3 heterocycles. The number of aliphatic hydroxyl groups is 2. The number of aliphatic hydroxyl groups excluding tert-OH is 2. The number of nitrogens with one attached hydrogen (secondary N) is 1. The van der Waals surface area contributed by atoms with Gasteiger partial charge in [0.1, 0.15) is 36.6 Å². The molecule has 6 atom stereocenters. The fraction of sp³-hybridized carbons (Fsp3) is 0.435. The summed E-state index contributed by atoms with van der Waals surface area (Å²) >= 11 is 0. The molecule has 8 nitrogen and oxygen atoms in total. The topological polar surface area (TPSA) is 105 Å². The standard InChI is InChI=1S/C23H23F2N5O3/c24-14-6-2-1-5-13(14)9-10-17-19(31)20(32)23(33-17)30-12-28-18-21(26-11-27-22(18)30)29-16-8-4-3-7-15(16)25/h1-2,5-6,11-12,15-17,19-20,23,31-32H,3-4,7-8H2,(H,26,27,29)/t15?,16?,17-,19-,20-,23-/m1/s1. The Hall–Kier alpha value is -3.13. The van der Waals surface area contributed by atoms with Crippen LogP contribution >= 0.6 is 0 Å². The van der Waals surface area contributed by atoms with Gasteiger partial charge in [-0.1, -0.05) is 36.8 Å². The van der Waals surface area contributed by atoms with Crippen molar-refractivity contribution in [2.45, 2.75) is 62.4 Å². The zero-order valence-corrected chi connectivity index (χ0v) is 17.6. The van der Waals surface area contributed by atoms with Crippen molar-refractivity contribution in [3.05, 3.63) is 48.3 Å². The van der Waals surface area contributed by atoms with E-state index in [4.69, 9.17) is 4.74 Å². The number of hydrogen-bond acceptors (Lipinski definition) is 7. The SMILES string of the molecule is O[C@@H]1[C@H](O)[C@@H](C#Cc2ccccc2F)O[C@H]1n1cnc2c(NC3CCCCC3F)ncnc21. The number of anilines is 1. The molecule has 1 saturated carbocycles. The minimum atomic E-state index is -1.32. The summed E-state index contributed by atoms with van der Waals surface area (Å²) in [7, 11) is 0. The van der Waals surface area contributed by atoms with Crippen LogP contribution in [0.2, 0.25) is 0 Å². The van der Waals surface area contributed by atoms with Crippen LogP contribution in [-0.4, -0.2) is 60.3 Å². The van der Waals surface area contributed by atoms with Gasteiger partial charge in [0.25, 0.3) is 0 Å². The summed E-state index contributed by atoms with van der Waals surface area (Å²) in [6, 6.07) is 5.65. The largest absolute Gasteiger partial charge is 0.386 e. The third-order valence-corrected chi connectivity index (χ3v) is 6.10. The number of fused-ring (bicyclic) bond motifs is 1. The number of rotatable bonds is 3. The van der Waals surface area contributed by atoms with Gasteiger partial charge in [-0.05, 0) is 25.0 Å². The molecule has 3 aromatic rings. The van der Waals surface area contributed by atoms with Gasteiger partial charge in [0.15, 0.2) is 23.2 Å². The molecule has 2 aliphatic rings. The minimum absolute atomic E-state index is 0.164. The van der Waals surface area contributed by atoms with E-state index in [1.807, 2.05) is 0 Å². The van der Waals surface area contributed by atoms with E-state index < -0.39 is 36.5 Å². The monoisotopic (exact) mass is 455 g/mol. The molecule has 0 amide bonds. The number of benzene rings is 1. The maximum atomic E-state index is 14.3. The molecule has 10 heteroatoms. The van der Waals surface area contributed by atoms with E-state index in [1.54, 1.807) is 12.1 Å². The maximum absolute atomic E-state index is 14.3. The Labute approximate surface area is 188 Å². The molecule has 1 saturated heterocycles. The summed E-state index contributed by atoms with van der Waals surface area (Å²) in [6.45, 7) is 0. The van der Waals surface area contributed by atoms with Crippen molar-refractivity contribution in [1.82, 2.24) is 19.5 Å². The number of halogens is 2. The summed E-state index contributed by atoms with van der Waals surface area (Å²) in [5.74, 6) is 5.25. The molecule has 2 aromatic heterocycles. The normalized spacial score (nSPS) is 29.6. The predicted molar refractivity (Wildman–Crippen MR) is 115 cm³/mol. The molecule has 2 fully saturated rings. The van der Waals surface area contributed by atoms with E-state index in [1.165, 1.54) is 29.4 Å². The highest BCUT2D eigenvalue weighted by molar-refractivity contribution is 5.82. The van der Waals surface area contributed by atoms with Crippen molar-refractivity contribution in [3.63, 3.8) is 0 Å². The van der Waals surface area contributed by atoms with E-state index >= 15 is 0 Å². The Bertz CT molecular complexity index is 1210. The summed E-state index contributed by atoms with van der Waals surface area (Å²) in [4.78, 5) is 12.8. The van der Waals surface area contributed by atoms with Crippen LogP contribution in [0.1, 0.15) is 37.5 Å². The average molecular weight is 455 g/mol. The van der Waals surface area contributed by atoms with Crippen molar-refractivity contribution in [2.24, 2.45) is 0 Å². The van der Waals surface area contributed by atoms with E-state index in [0.717, 1.165) is 12.8 Å². The lowest BCUT2D eigenvalue weighted by molar-refractivity contribution is -0.0230. The Morgan fingerprint density at radius 2 is 1.91 bits per heavy atom. The molecule has 0 bridgehead atoms. The van der Waals surface area contributed by atoms with Gasteiger partial charge in [-0.25, -0.2) is 23.7 Å². The Morgan fingerprint density at radius 1 is 1.09 bits per heavy atom. The van der Waals surface area contributed by atoms with Gasteiger partial charge in [0.05, 0.1) is 17.9 Å². The van der Waals surface area contributed by atoms with Crippen LogP contribution in [0.5, 0.6) is 0 Å². The number of ether oxygens (including phenoxy) is 1. The number of nitrogens with zero attached hydrogens (tertiary/aromatic N) is 4. The second kappa shape index (κ2) is 9.02. The molecule has 1 aliphatic heterocycles.